The van der Waals surface area contributed by atoms with Crippen LogP contribution < -0.4 is 5.54 Å². The predicted octanol–water partition coefficient (Wildman–Crippen LogP) is 2.09. The zero-order chi connectivity index (χ0) is 9.14. The maximum absolute atomic E-state index is 12.8. The van der Waals surface area contributed by atoms with E-state index in [1.54, 1.807) is 0 Å². The van der Waals surface area contributed by atoms with Crippen molar-refractivity contribution in [2.45, 2.75) is 0 Å². The van der Waals surface area contributed by atoms with Crippen LogP contribution in [0, 0.1) is 5.82 Å². The summed E-state index contributed by atoms with van der Waals surface area (Å²) < 4.78 is 24.4. The molecule has 0 heterocycles. The Kier molecular flexibility index (Phi) is 2.60. The number of carbonyl (C=O) groups is 1. The molecule has 1 N–H and O–H groups in total. The summed E-state index contributed by atoms with van der Waals surface area (Å²) in [5.41, 5.74) is 0.315. The van der Waals surface area contributed by atoms with Crippen molar-refractivity contribution in [2.75, 3.05) is 0 Å². The minimum absolute atomic E-state index is 0.120. The first-order chi connectivity index (χ1) is 5.66. The van der Waals surface area contributed by atoms with Crippen molar-refractivity contribution in [3.05, 3.63) is 34.6 Å². The number of halogens is 3. The van der Waals surface area contributed by atoms with Gasteiger partial charge >= 0.3 is 0 Å². The van der Waals surface area contributed by atoms with Crippen LogP contribution in [0.1, 0.15) is 10.4 Å². The van der Waals surface area contributed by atoms with Gasteiger partial charge in [-0.3, -0.25) is 4.79 Å². The maximum atomic E-state index is 12.8. The van der Waals surface area contributed by atoms with Gasteiger partial charge in [0.05, 0.1) is 10.6 Å². The van der Waals surface area contributed by atoms with Gasteiger partial charge < -0.3 is 0 Å². The van der Waals surface area contributed by atoms with Gasteiger partial charge in [-0.25, -0.2) is 4.39 Å². The minimum atomic E-state index is -1.18. The number of carbonyl (C=O) groups excluding carboxylic acids is 1. The fourth-order valence-corrected chi connectivity index (χ4v) is 1.01. The highest BCUT2D eigenvalue weighted by molar-refractivity contribution is 6.33. The SMILES string of the molecule is O=C(NF)c1c(F)cccc1Cl. The van der Waals surface area contributed by atoms with Crippen LogP contribution in [-0.4, -0.2) is 5.91 Å². The monoisotopic (exact) mass is 191 g/mol. The van der Waals surface area contributed by atoms with Crippen LogP contribution in [0.25, 0.3) is 0 Å². The molecule has 0 atom stereocenters. The second kappa shape index (κ2) is 3.49. The molecule has 2 nitrogen and oxygen atoms in total. The zero-order valence-electron chi connectivity index (χ0n) is 5.77. The van der Waals surface area contributed by atoms with Gasteiger partial charge in [-0.2, -0.15) is 5.54 Å². The van der Waals surface area contributed by atoms with E-state index in [-0.39, 0.29) is 5.02 Å². The Balaban J connectivity index is 3.21. The summed E-state index contributed by atoms with van der Waals surface area (Å²) >= 11 is 5.44. The van der Waals surface area contributed by atoms with E-state index >= 15 is 0 Å². The molecule has 64 valence electrons. The number of hydrogen-bond donors (Lipinski definition) is 1. The van der Waals surface area contributed by atoms with E-state index in [0.717, 1.165) is 11.6 Å². The fourth-order valence-electron chi connectivity index (χ4n) is 0.762. The average Bonchev–Trinajstić information content (AvgIpc) is 2.03. The first-order valence-corrected chi connectivity index (χ1v) is 3.39. The highest BCUT2D eigenvalue weighted by Gasteiger charge is 2.14. The van der Waals surface area contributed by atoms with Gasteiger partial charge in [0, 0.05) is 0 Å². The van der Waals surface area contributed by atoms with Gasteiger partial charge in [0.1, 0.15) is 5.82 Å². The van der Waals surface area contributed by atoms with Gasteiger partial charge in [0.2, 0.25) is 0 Å². The van der Waals surface area contributed by atoms with Crippen LogP contribution in [0.15, 0.2) is 18.2 Å². The van der Waals surface area contributed by atoms with Crippen LogP contribution in [-0.2, 0) is 0 Å². The third kappa shape index (κ3) is 1.53. The first kappa shape index (κ1) is 8.93. The summed E-state index contributed by atoms with van der Waals surface area (Å²) in [6, 6.07) is 3.65. The number of rotatable bonds is 1. The topological polar surface area (TPSA) is 29.1 Å². The average molecular weight is 192 g/mol. The molecule has 5 heteroatoms. The predicted molar refractivity (Wildman–Crippen MR) is 40.0 cm³/mol. The molecule has 12 heavy (non-hydrogen) atoms. The summed E-state index contributed by atoms with van der Waals surface area (Å²) in [7, 11) is 0. The molecular weight excluding hydrogens is 188 g/mol. The van der Waals surface area contributed by atoms with Crippen molar-refractivity contribution in [2.24, 2.45) is 0 Å². The summed E-state index contributed by atoms with van der Waals surface area (Å²) in [5, 5.41) is -0.120. The summed E-state index contributed by atoms with van der Waals surface area (Å²) in [4.78, 5) is 10.6. The van der Waals surface area contributed by atoms with Crippen LogP contribution in [0.5, 0.6) is 0 Å². The molecule has 0 unspecified atom stereocenters. The minimum Gasteiger partial charge on any atom is -0.267 e. The lowest BCUT2D eigenvalue weighted by Crippen LogP contribution is -2.15. The molecule has 0 saturated heterocycles. The number of hydrogen-bond acceptors (Lipinski definition) is 1. The van der Waals surface area contributed by atoms with Crippen LogP contribution in [0.2, 0.25) is 5.02 Å². The molecule has 0 aliphatic heterocycles. The number of nitrogens with one attached hydrogen (secondary N) is 1. The molecule has 1 rings (SSSR count). The largest absolute Gasteiger partial charge is 0.283 e. The lowest BCUT2D eigenvalue weighted by molar-refractivity contribution is 0.0855. The smallest absolute Gasteiger partial charge is 0.267 e. The van der Waals surface area contributed by atoms with Gasteiger partial charge in [0.15, 0.2) is 0 Å². The Morgan fingerprint density at radius 3 is 2.67 bits per heavy atom. The third-order valence-corrected chi connectivity index (χ3v) is 1.59. The van der Waals surface area contributed by atoms with Crippen molar-refractivity contribution >= 4 is 17.5 Å². The zero-order valence-corrected chi connectivity index (χ0v) is 6.53. The van der Waals surface area contributed by atoms with Gasteiger partial charge in [-0.15, -0.1) is 0 Å². The molecule has 1 aromatic rings. The molecule has 1 aromatic carbocycles. The van der Waals surface area contributed by atoms with Gasteiger partial charge in [0.25, 0.3) is 5.91 Å². The molecule has 0 saturated carbocycles. The highest BCUT2D eigenvalue weighted by atomic mass is 35.5. The molecule has 0 aliphatic carbocycles. The van der Waals surface area contributed by atoms with E-state index in [2.05, 4.69) is 0 Å². The van der Waals surface area contributed by atoms with Crippen molar-refractivity contribution in [3.8, 4) is 0 Å². The van der Waals surface area contributed by atoms with Crippen molar-refractivity contribution in [1.82, 2.24) is 5.54 Å². The fraction of sp³-hybridized carbons (Fsp3) is 0. The lowest BCUT2D eigenvalue weighted by atomic mass is 10.2. The number of amides is 1. The van der Waals surface area contributed by atoms with E-state index in [1.807, 2.05) is 0 Å². The van der Waals surface area contributed by atoms with E-state index < -0.39 is 17.3 Å². The molecule has 0 aromatic heterocycles. The summed E-state index contributed by atoms with van der Waals surface area (Å²) in [5.74, 6) is -2.03. The Morgan fingerprint density at radius 2 is 2.17 bits per heavy atom. The Labute approximate surface area is 72.1 Å². The van der Waals surface area contributed by atoms with E-state index in [0.29, 0.717) is 0 Å². The molecule has 0 spiro atoms. The summed E-state index contributed by atoms with van der Waals surface area (Å²) in [6.07, 6.45) is 0. The third-order valence-electron chi connectivity index (χ3n) is 1.28. The van der Waals surface area contributed by atoms with Crippen LogP contribution in [0.4, 0.5) is 8.87 Å². The van der Waals surface area contributed by atoms with Gasteiger partial charge in [-0.1, -0.05) is 22.1 Å². The van der Waals surface area contributed by atoms with Crippen molar-refractivity contribution in [1.29, 1.82) is 0 Å². The van der Waals surface area contributed by atoms with Crippen LogP contribution >= 0.6 is 11.6 Å². The van der Waals surface area contributed by atoms with Crippen LogP contribution in [0.3, 0.4) is 0 Å². The molecule has 0 fully saturated rings. The molecule has 1 amide bonds. The lowest BCUT2D eigenvalue weighted by Gasteiger charge is -2.00. The first-order valence-electron chi connectivity index (χ1n) is 3.02. The maximum Gasteiger partial charge on any atom is 0.283 e. The Morgan fingerprint density at radius 1 is 1.50 bits per heavy atom. The standard InChI is InChI=1S/C7H4ClF2NO/c8-4-2-1-3-5(9)6(4)7(12)11-10/h1-3H,(H,11,12). The van der Waals surface area contributed by atoms with Crippen molar-refractivity contribution < 1.29 is 13.7 Å². The van der Waals surface area contributed by atoms with Crippen molar-refractivity contribution in [3.63, 3.8) is 0 Å². The normalized spacial score (nSPS) is 9.58. The molecule has 0 radical (unpaired) electrons. The quantitative estimate of drug-likeness (QED) is 0.677. The highest BCUT2D eigenvalue weighted by Crippen LogP contribution is 2.18. The van der Waals surface area contributed by atoms with Gasteiger partial charge in [-0.05, 0) is 12.1 Å². The van der Waals surface area contributed by atoms with E-state index in [1.165, 1.54) is 12.1 Å². The van der Waals surface area contributed by atoms with E-state index in [9.17, 15) is 13.7 Å². The molecular formula is C7H4ClF2NO. The molecule has 0 bridgehead atoms. The second-order valence-corrected chi connectivity index (χ2v) is 2.43. The summed E-state index contributed by atoms with van der Waals surface area (Å²) in [6.45, 7) is 0. The second-order valence-electron chi connectivity index (χ2n) is 2.02. The molecule has 0 aliphatic rings. The number of benzene rings is 1. The Hall–Kier alpha value is -1.16. The Bertz CT molecular complexity index is 296. The van der Waals surface area contributed by atoms with E-state index in [4.69, 9.17) is 11.6 Å².